The van der Waals surface area contributed by atoms with Gasteiger partial charge in [0.1, 0.15) is 11.3 Å². The van der Waals surface area contributed by atoms with Gasteiger partial charge in [-0.25, -0.2) is 5.43 Å². The number of furan rings is 1. The summed E-state index contributed by atoms with van der Waals surface area (Å²) in [5, 5.41) is 7.10. The average molecular weight is 386 g/mol. The Hall–Kier alpha value is -3.60. The number of benzene rings is 3. The molecule has 1 aromatic heterocycles. The molecule has 0 aliphatic carbocycles. The van der Waals surface area contributed by atoms with E-state index in [4.69, 9.17) is 9.15 Å². The smallest absolute Gasteiger partial charge is 0.307 e. The number of carbonyl (C=O) groups excluding carboxylic acids is 1. The van der Waals surface area contributed by atoms with Crippen LogP contribution >= 0.6 is 0 Å². The quantitative estimate of drug-likeness (QED) is 0.350. The number of carbonyl (C=O) groups is 1. The molecule has 0 aliphatic rings. The van der Waals surface area contributed by atoms with E-state index in [0.29, 0.717) is 5.58 Å². The Balaban J connectivity index is 1.45. The fourth-order valence-corrected chi connectivity index (χ4v) is 3.07. The third kappa shape index (κ3) is 4.14. The molecule has 1 atom stereocenters. The van der Waals surface area contributed by atoms with E-state index in [9.17, 15) is 4.79 Å². The summed E-state index contributed by atoms with van der Waals surface area (Å²) in [5.74, 6) is 0.652. The first kappa shape index (κ1) is 18.7. The van der Waals surface area contributed by atoms with E-state index < -0.39 is 5.91 Å². The van der Waals surface area contributed by atoms with Crippen molar-refractivity contribution in [2.24, 2.45) is 5.10 Å². The summed E-state index contributed by atoms with van der Waals surface area (Å²) in [6, 6.07) is 21.2. The highest BCUT2D eigenvalue weighted by Crippen LogP contribution is 2.28. The minimum atomic E-state index is -0.391. The Morgan fingerprint density at radius 2 is 1.90 bits per heavy atom. The Kier molecular flexibility index (Phi) is 5.29. The van der Waals surface area contributed by atoms with Crippen molar-refractivity contribution in [3.05, 3.63) is 78.1 Å². The van der Waals surface area contributed by atoms with Crippen LogP contribution in [0.1, 0.15) is 36.4 Å². The lowest BCUT2D eigenvalue weighted by Gasteiger charge is -2.12. The van der Waals surface area contributed by atoms with Gasteiger partial charge in [0.05, 0.1) is 12.3 Å². The standard InChI is InChI=1S/C24H22N2O3/c1-3-16(2)28-19-11-8-17(9-12-19)15-25-26-24(27)23-14-21-20-7-5-4-6-18(20)10-13-22(21)29-23/h4-16H,3H2,1-2H3,(H,26,27)/t16-/m0/s1. The van der Waals surface area contributed by atoms with Gasteiger partial charge in [-0.05, 0) is 66.1 Å². The Bertz CT molecular complexity index is 1180. The molecule has 1 heterocycles. The maximum Gasteiger partial charge on any atom is 0.307 e. The average Bonchev–Trinajstić information content (AvgIpc) is 3.20. The van der Waals surface area contributed by atoms with Crippen molar-refractivity contribution in [1.82, 2.24) is 5.43 Å². The zero-order valence-corrected chi connectivity index (χ0v) is 16.4. The third-order valence-electron chi connectivity index (χ3n) is 4.82. The summed E-state index contributed by atoms with van der Waals surface area (Å²) in [7, 11) is 0. The summed E-state index contributed by atoms with van der Waals surface area (Å²) in [6.45, 7) is 4.12. The van der Waals surface area contributed by atoms with Crippen molar-refractivity contribution in [2.45, 2.75) is 26.4 Å². The highest BCUT2D eigenvalue weighted by atomic mass is 16.5. The molecule has 0 spiro atoms. The zero-order valence-electron chi connectivity index (χ0n) is 16.4. The first-order chi connectivity index (χ1) is 14.1. The molecule has 0 radical (unpaired) electrons. The second kappa shape index (κ2) is 8.19. The van der Waals surface area contributed by atoms with Gasteiger partial charge in [-0.3, -0.25) is 4.79 Å². The molecular weight excluding hydrogens is 364 g/mol. The molecule has 0 saturated heterocycles. The molecule has 1 amide bonds. The predicted molar refractivity (Wildman–Crippen MR) is 116 cm³/mol. The molecule has 0 saturated carbocycles. The lowest BCUT2D eigenvalue weighted by molar-refractivity contribution is 0.0929. The Morgan fingerprint density at radius 1 is 1.10 bits per heavy atom. The number of fused-ring (bicyclic) bond motifs is 3. The fraction of sp³-hybridized carbons (Fsp3) is 0.167. The van der Waals surface area contributed by atoms with Gasteiger partial charge >= 0.3 is 5.91 Å². The molecule has 0 fully saturated rings. The van der Waals surface area contributed by atoms with Crippen LogP contribution in [-0.4, -0.2) is 18.2 Å². The second-order valence-corrected chi connectivity index (χ2v) is 6.91. The molecule has 146 valence electrons. The number of nitrogens with one attached hydrogen (secondary N) is 1. The number of hydrogen-bond acceptors (Lipinski definition) is 4. The molecule has 1 N–H and O–H groups in total. The molecule has 0 unspecified atom stereocenters. The maximum atomic E-state index is 12.4. The molecular formula is C24H22N2O3. The summed E-state index contributed by atoms with van der Waals surface area (Å²) in [4.78, 5) is 12.4. The third-order valence-corrected chi connectivity index (χ3v) is 4.82. The largest absolute Gasteiger partial charge is 0.491 e. The van der Waals surface area contributed by atoms with Crippen LogP contribution in [0.15, 0.2) is 76.2 Å². The maximum absolute atomic E-state index is 12.4. The highest BCUT2D eigenvalue weighted by molar-refractivity contribution is 6.08. The van der Waals surface area contributed by atoms with E-state index in [-0.39, 0.29) is 11.9 Å². The van der Waals surface area contributed by atoms with Crippen molar-refractivity contribution in [2.75, 3.05) is 0 Å². The number of hydrogen-bond donors (Lipinski definition) is 1. The molecule has 0 bridgehead atoms. The van der Waals surface area contributed by atoms with Crippen LogP contribution in [0.4, 0.5) is 0 Å². The van der Waals surface area contributed by atoms with Crippen LogP contribution < -0.4 is 10.2 Å². The predicted octanol–water partition coefficient (Wildman–Crippen LogP) is 5.53. The summed E-state index contributed by atoms with van der Waals surface area (Å²) in [6.07, 6.45) is 2.71. The van der Waals surface area contributed by atoms with Crippen LogP contribution in [0.25, 0.3) is 21.7 Å². The number of rotatable bonds is 6. The van der Waals surface area contributed by atoms with Crippen LogP contribution in [0.3, 0.4) is 0 Å². The van der Waals surface area contributed by atoms with E-state index in [1.165, 1.54) is 0 Å². The molecule has 3 aromatic carbocycles. The lowest BCUT2D eigenvalue weighted by atomic mass is 10.1. The van der Waals surface area contributed by atoms with E-state index in [0.717, 1.165) is 33.9 Å². The molecule has 5 heteroatoms. The fourth-order valence-electron chi connectivity index (χ4n) is 3.07. The van der Waals surface area contributed by atoms with Gasteiger partial charge in [0, 0.05) is 5.39 Å². The first-order valence-corrected chi connectivity index (χ1v) is 9.65. The van der Waals surface area contributed by atoms with E-state index >= 15 is 0 Å². The van der Waals surface area contributed by atoms with Crippen molar-refractivity contribution in [3.63, 3.8) is 0 Å². The highest BCUT2D eigenvalue weighted by Gasteiger charge is 2.13. The second-order valence-electron chi connectivity index (χ2n) is 6.91. The van der Waals surface area contributed by atoms with E-state index in [1.807, 2.05) is 67.6 Å². The zero-order chi connectivity index (χ0) is 20.2. The molecule has 5 nitrogen and oxygen atoms in total. The monoisotopic (exact) mass is 386 g/mol. The van der Waals surface area contributed by atoms with Gasteiger partial charge in [-0.2, -0.15) is 5.10 Å². The number of nitrogens with zero attached hydrogens (tertiary/aromatic N) is 1. The van der Waals surface area contributed by atoms with Crippen molar-refractivity contribution >= 4 is 33.9 Å². The van der Waals surface area contributed by atoms with Crippen LogP contribution in [-0.2, 0) is 0 Å². The van der Waals surface area contributed by atoms with Crippen LogP contribution in [0.2, 0.25) is 0 Å². The van der Waals surface area contributed by atoms with Gasteiger partial charge in [-0.1, -0.05) is 37.3 Å². The number of amides is 1. The summed E-state index contributed by atoms with van der Waals surface area (Å²) < 4.78 is 11.5. The Morgan fingerprint density at radius 3 is 2.69 bits per heavy atom. The van der Waals surface area contributed by atoms with Gasteiger partial charge in [0.25, 0.3) is 0 Å². The van der Waals surface area contributed by atoms with Gasteiger partial charge in [0.15, 0.2) is 5.76 Å². The number of ether oxygens (including phenoxy) is 1. The Labute approximate surface area is 169 Å². The topological polar surface area (TPSA) is 63.8 Å². The van der Waals surface area contributed by atoms with Gasteiger partial charge in [0.2, 0.25) is 0 Å². The van der Waals surface area contributed by atoms with E-state index in [1.54, 1.807) is 12.3 Å². The SMILES string of the molecule is CC[C@H](C)Oc1ccc(C=NNC(=O)c2cc3c(ccc4ccccc43)o2)cc1. The summed E-state index contributed by atoms with van der Waals surface area (Å²) in [5.41, 5.74) is 4.05. The number of hydrazone groups is 1. The van der Waals surface area contributed by atoms with Crippen molar-refractivity contribution < 1.29 is 13.9 Å². The van der Waals surface area contributed by atoms with Gasteiger partial charge < -0.3 is 9.15 Å². The van der Waals surface area contributed by atoms with Crippen LogP contribution in [0, 0.1) is 0 Å². The van der Waals surface area contributed by atoms with Crippen LogP contribution in [0.5, 0.6) is 5.75 Å². The molecule has 29 heavy (non-hydrogen) atoms. The molecule has 4 rings (SSSR count). The first-order valence-electron chi connectivity index (χ1n) is 9.65. The molecule has 0 aliphatic heterocycles. The lowest BCUT2D eigenvalue weighted by Crippen LogP contribution is -2.16. The van der Waals surface area contributed by atoms with E-state index in [2.05, 4.69) is 17.5 Å². The summed E-state index contributed by atoms with van der Waals surface area (Å²) >= 11 is 0. The van der Waals surface area contributed by atoms with Gasteiger partial charge in [-0.15, -0.1) is 0 Å². The normalized spacial score (nSPS) is 12.5. The minimum absolute atomic E-state index is 0.176. The van der Waals surface area contributed by atoms with Crippen molar-refractivity contribution in [1.29, 1.82) is 0 Å². The molecule has 4 aromatic rings. The minimum Gasteiger partial charge on any atom is -0.491 e. The van der Waals surface area contributed by atoms with Crippen molar-refractivity contribution in [3.8, 4) is 5.75 Å².